The first-order valence-corrected chi connectivity index (χ1v) is 7.02. The largest absolute Gasteiger partial charge is 0.497 e. The van der Waals surface area contributed by atoms with Gasteiger partial charge in [0.2, 0.25) is 0 Å². The molecule has 112 valence electrons. The average molecular weight is 282 g/mol. The molecule has 0 spiro atoms. The molecule has 2 rings (SSSR count). The molecule has 1 aromatic carbocycles. The van der Waals surface area contributed by atoms with Crippen molar-refractivity contribution < 1.29 is 13.9 Å². The maximum atomic E-state index is 12.9. The van der Waals surface area contributed by atoms with E-state index in [1.165, 1.54) is 0 Å². The number of methoxy groups -OCH3 is 2. The van der Waals surface area contributed by atoms with Gasteiger partial charge in [-0.25, -0.2) is 0 Å². The summed E-state index contributed by atoms with van der Waals surface area (Å²) in [5.41, 5.74) is 1.06. The first kappa shape index (κ1) is 15.1. The summed E-state index contributed by atoms with van der Waals surface area (Å²) in [6.45, 7) is 3.44. The molecule has 1 N–H and O–H groups in total. The second-order valence-electron chi connectivity index (χ2n) is 4.93. The van der Waals surface area contributed by atoms with Gasteiger partial charge in [-0.05, 0) is 24.1 Å². The molecule has 1 aliphatic rings. The molecule has 0 amide bonds. The molecule has 20 heavy (non-hydrogen) atoms. The molecule has 0 unspecified atom stereocenters. The van der Waals surface area contributed by atoms with E-state index in [4.69, 9.17) is 9.47 Å². The maximum Gasteiger partial charge on any atom is 0.122 e. The smallest absolute Gasteiger partial charge is 0.122 e. The first-order valence-electron chi connectivity index (χ1n) is 7.02. The molecule has 5 heteroatoms. The van der Waals surface area contributed by atoms with Gasteiger partial charge in [0.1, 0.15) is 11.5 Å². The van der Waals surface area contributed by atoms with E-state index in [2.05, 4.69) is 10.2 Å². The number of nitrogens with one attached hydrogen (secondary N) is 1. The van der Waals surface area contributed by atoms with Gasteiger partial charge in [-0.2, -0.15) is 0 Å². The van der Waals surface area contributed by atoms with Crippen LogP contribution in [0.1, 0.15) is 18.0 Å². The van der Waals surface area contributed by atoms with Crippen molar-refractivity contribution in [1.82, 2.24) is 10.2 Å². The summed E-state index contributed by atoms with van der Waals surface area (Å²) in [5, 5.41) is 3.32. The number of hydrogen-bond donors (Lipinski definition) is 1. The molecular formula is C15H23FN2O2. The van der Waals surface area contributed by atoms with Crippen LogP contribution in [0.3, 0.4) is 0 Å². The Hall–Kier alpha value is -1.33. The van der Waals surface area contributed by atoms with Gasteiger partial charge in [0.25, 0.3) is 0 Å². The van der Waals surface area contributed by atoms with Crippen molar-refractivity contribution in [2.24, 2.45) is 0 Å². The Morgan fingerprint density at radius 1 is 1.15 bits per heavy atom. The molecule has 0 aromatic heterocycles. The lowest BCUT2D eigenvalue weighted by Gasteiger charge is -2.35. The third kappa shape index (κ3) is 3.61. The Kier molecular flexibility index (Phi) is 5.61. The minimum Gasteiger partial charge on any atom is -0.497 e. The van der Waals surface area contributed by atoms with E-state index >= 15 is 0 Å². The number of piperazine rings is 1. The lowest BCUT2D eigenvalue weighted by Crippen LogP contribution is -2.45. The molecule has 0 bridgehead atoms. The fourth-order valence-corrected chi connectivity index (χ4v) is 2.68. The molecule has 1 aliphatic heterocycles. The van der Waals surface area contributed by atoms with E-state index in [9.17, 15) is 4.39 Å². The van der Waals surface area contributed by atoms with E-state index in [0.717, 1.165) is 43.2 Å². The van der Waals surface area contributed by atoms with E-state index in [0.29, 0.717) is 6.42 Å². The van der Waals surface area contributed by atoms with Crippen LogP contribution in [0.25, 0.3) is 0 Å². The van der Waals surface area contributed by atoms with Gasteiger partial charge in [0, 0.05) is 38.3 Å². The summed E-state index contributed by atoms with van der Waals surface area (Å²) in [5.74, 6) is 1.50. The number of halogens is 1. The highest BCUT2D eigenvalue weighted by molar-refractivity contribution is 5.40. The van der Waals surface area contributed by atoms with E-state index in [1.807, 2.05) is 18.2 Å². The fourth-order valence-electron chi connectivity index (χ4n) is 2.68. The number of rotatable bonds is 6. The Morgan fingerprint density at radius 2 is 1.75 bits per heavy atom. The van der Waals surface area contributed by atoms with Crippen LogP contribution in [-0.2, 0) is 0 Å². The second kappa shape index (κ2) is 7.45. The quantitative estimate of drug-likeness (QED) is 0.865. The zero-order valence-corrected chi connectivity index (χ0v) is 12.2. The average Bonchev–Trinajstić information content (AvgIpc) is 2.52. The Labute approximate surface area is 119 Å². The zero-order chi connectivity index (χ0) is 14.4. The van der Waals surface area contributed by atoms with Gasteiger partial charge in [-0.1, -0.05) is 0 Å². The summed E-state index contributed by atoms with van der Waals surface area (Å²) in [4.78, 5) is 2.32. The monoisotopic (exact) mass is 282 g/mol. The minimum absolute atomic E-state index is 0.0751. The van der Waals surface area contributed by atoms with Crippen LogP contribution in [0, 0.1) is 0 Å². The van der Waals surface area contributed by atoms with Crippen LogP contribution >= 0.6 is 0 Å². The molecule has 0 aliphatic carbocycles. The summed E-state index contributed by atoms with van der Waals surface area (Å²) in [7, 11) is 3.26. The van der Waals surface area contributed by atoms with E-state index in [-0.39, 0.29) is 12.7 Å². The summed E-state index contributed by atoms with van der Waals surface area (Å²) in [6.07, 6.45) is 0.496. The summed E-state index contributed by atoms with van der Waals surface area (Å²) >= 11 is 0. The Morgan fingerprint density at radius 3 is 2.25 bits per heavy atom. The lowest BCUT2D eigenvalue weighted by atomic mass is 10.0. The van der Waals surface area contributed by atoms with Crippen LogP contribution in [0.15, 0.2) is 18.2 Å². The van der Waals surface area contributed by atoms with Gasteiger partial charge in [0.05, 0.1) is 20.9 Å². The van der Waals surface area contributed by atoms with Gasteiger partial charge < -0.3 is 14.8 Å². The van der Waals surface area contributed by atoms with Gasteiger partial charge >= 0.3 is 0 Å². The molecule has 1 fully saturated rings. The highest BCUT2D eigenvalue weighted by Gasteiger charge is 2.23. The number of nitrogens with zero attached hydrogens (tertiary/aromatic N) is 1. The number of hydrogen-bond acceptors (Lipinski definition) is 4. The van der Waals surface area contributed by atoms with Crippen molar-refractivity contribution in [1.29, 1.82) is 0 Å². The third-order valence-corrected chi connectivity index (χ3v) is 3.73. The molecule has 1 saturated heterocycles. The highest BCUT2D eigenvalue weighted by atomic mass is 19.1. The van der Waals surface area contributed by atoms with E-state index in [1.54, 1.807) is 14.2 Å². The molecule has 1 heterocycles. The highest BCUT2D eigenvalue weighted by Crippen LogP contribution is 2.31. The van der Waals surface area contributed by atoms with Crippen molar-refractivity contribution in [3.63, 3.8) is 0 Å². The van der Waals surface area contributed by atoms with Crippen LogP contribution in [-0.4, -0.2) is 52.0 Å². The fraction of sp³-hybridized carbons (Fsp3) is 0.600. The summed E-state index contributed by atoms with van der Waals surface area (Å²) < 4.78 is 23.6. The van der Waals surface area contributed by atoms with Gasteiger partial charge in [-0.15, -0.1) is 0 Å². The Balaban J connectivity index is 2.27. The predicted octanol–water partition coefficient (Wildman–Crippen LogP) is 2.01. The molecule has 0 saturated carbocycles. The van der Waals surface area contributed by atoms with Gasteiger partial charge in [0.15, 0.2) is 0 Å². The van der Waals surface area contributed by atoms with Crippen molar-refractivity contribution >= 4 is 0 Å². The van der Waals surface area contributed by atoms with E-state index < -0.39 is 0 Å². The minimum atomic E-state index is -0.325. The number of alkyl halides is 1. The standard InChI is InChI=1S/C15H23FN2O2/c1-19-13-9-12(10-14(11-13)20-2)15(3-4-16)18-7-5-17-6-8-18/h9-11,15,17H,3-8H2,1-2H3/t15-/m1/s1. The summed E-state index contributed by atoms with van der Waals surface area (Å²) in [6, 6.07) is 5.87. The van der Waals surface area contributed by atoms with Crippen molar-refractivity contribution in [2.45, 2.75) is 12.5 Å². The maximum absolute atomic E-state index is 12.9. The predicted molar refractivity (Wildman–Crippen MR) is 77.3 cm³/mol. The molecule has 1 aromatic rings. The van der Waals surface area contributed by atoms with Crippen molar-refractivity contribution in [3.8, 4) is 11.5 Å². The number of benzene rings is 1. The topological polar surface area (TPSA) is 33.7 Å². The van der Waals surface area contributed by atoms with Crippen molar-refractivity contribution in [2.75, 3.05) is 47.1 Å². The molecule has 0 radical (unpaired) electrons. The van der Waals surface area contributed by atoms with Crippen molar-refractivity contribution in [3.05, 3.63) is 23.8 Å². The Bertz CT molecular complexity index is 400. The van der Waals surface area contributed by atoms with Gasteiger partial charge in [-0.3, -0.25) is 9.29 Å². The lowest BCUT2D eigenvalue weighted by molar-refractivity contribution is 0.157. The van der Waals surface area contributed by atoms with Crippen LogP contribution in [0.4, 0.5) is 4.39 Å². The molecular weight excluding hydrogens is 259 g/mol. The molecule has 1 atom stereocenters. The zero-order valence-electron chi connectivity index (χ0n) is 12.2. The van der Waals surface area contributed by atoms with Crippen LogP contribution < -0.4 is 14.8 Å². The van der Waals surface area contributed by atoms with Crippen LogP contribution in [0.2, 0.25) is 0 Å². The second-order valence-corrected chi connectivity index (χ2v) is 4.93. The SMILES string of the molecule is COc1cc(OC)cc([C@@H](CCF)N2CCNCC2)c1. The third-order valence-electron chi connectivity index (χ3n) is 3.73. The number of ether oxygens (including phenoxy) is 2. The van der Waals surface area contributed by atoms with Crippen LogP contribution in [0.5, 0.6) is 11.5 Å². The normalized spacial score (nSPS) is 17.8. The molecule has 4 nitrogen and oxygen atoms in total. The first-order chi connectivity index (χ1) is 9.78.